The summed E-state index contributed by atoms with van der Waals surface area (Å²) in [5.41, 5.74) is -1.49. The average Bonchev–Trinajstić information content (AvgIpc) is 2.31. The van der Waals surface area contributed by atoms with Crippen molar-refractivity contribution >= 4 is 25.7 Å². The average molecular weight is 261 g/mol. The van der Waals surface area contributed by atoms with E-state index < -0.39 is 51.0 Å². The summed E-state index contributed by atoms with van der Waals surface area (Å²) in [7, 11) is -0.0150. The molecule has 86 valence electrons. The van der Waals surface area contributed by atoms with E-state index in [9.17, 15) is 13.2 Å². The fraction of sp³-hybridized carbons (Fsp3) is 0.667. The van der Waals surface area contributed by atoms with Gasteiger partial charge in [-0.15, -0.1) is 0 Å². The zero-order valence-corrected chi connectivity index (χ0v) is 9.20. The summed E-state index contributed by atoms with van der Waals surface area (Å²) in [5.74, 6) is -1.63. The van der Waals surface area contributed by atoms with Crippen molar-refractivity contribution in [3.8, 4) is 0 Å². The van der Waals surface area contributed by atoms with Gasteiger partial charge in [-0.3, -0.25) is 0 Å². The van der Waals surface area contributed by atoms with Gasteiger partial charge in [0.05, 0.1) is 17.1 Å². The molecule has 0 fully saturated rings. The number of hydrogen-bond donors (Lipinski definition) is 0. The molecule has 0 N–H and O–H groups in total. The van der Waals surface area contributed by atoms with Crippen molar-refractivity contribution in [2.45, 2.75) is 32.4 Å². The number of carbonyl (C=O) groups excluding carboxylic acids is 1. The second kappa shape index (κ2) is 4.99. The maximum absolute atomic E-state index is 12.0. The van der Waals surface area contributed by atoms with Crippen molar-refractivity contribution in [2.24, 2.45) is 0 Å². The van der Waals surface area contributed by atoms with E-state index in [0.29, 0.717) is 0 Å². The fourth-order valence-corrected chi connectivity index (χ4v) is 1.73. The number of hydrogen-bond acceptors (Lipinski definition) is 4. The zero-order valence-electron chi connectivity index (χ0n) is 15.6. The topological polar surface area (TPSA) is 60.4 Å². The predicted octanol–water partition coefficient (Wildman–Crippen LogP) is 1.95. The normalized spacial score (nSPS) is 39.1. The molecule has 6 heteroatoms. The van der Waals surface area contributed by atoms with Crippen LogP contribution in [0.1, 0.15) is 43.4 Å². The standard InChI is InChI=1S/C9H13ClO4S/c1-2-14-9(11)7-5-3-4-6-8(7)15(10,12)13/h2-6H2,1H3/i3D2,4D2,5D2,6D2. The highest BCUT2D eigenvalue weighted by atomic mass is 35.7. The lowest BCUT2D eigenvalue weighted by molar-refractivity contribution is -0.138. The Morgan fingerprint density at radius 3 is 2.67 bits per heavy atom. The molecule has 15 heavy (non-hydrogen) atoms. The molecule has 0 aromatic rings. The number of ether oxygens (including phenoxy) is 1. The van der Waals surface area contributed by atoms with E-state index in [0.717, 1.165) is 0 Å². The van der Waals surface area contributed by atoms with Crippen molar-refractivity contribution < 1.29 is 28.9 Å². The van der Waals surface area contributed by atoms with E-state index in [1.54, 1.807) is 0 Å². The van der Waals surface area contributed by atoms with Gasteiger partial charge in [0.25, 0.3) is 9.05 Å². The highest BCUT2D eigenvalue weighted by molar-refractivity contribution is 8.16. The number of halogens is 1. The van der Waals surface area contributed by atoms with Crippen molar-refractivity contribution in [1.29, 1.82) is 0 Å². The fourth-order valence-electron chi connectivity index (χ4n) is 0.831. The van der Waals surface area contributed by atoms with E-state index in [1.807, 2.05) is 0 Å². The molecular formula is C9H13ClO4S. The number of carbonyl (C=O) groups is 1. The minimum Gasteiger partial charge on any atom is -0.463 e. The van der Waals surface area contributed by atoms with Gasteiger partial charge >= 0.3 is 5.97 Å². The molecule has 0 atom stereocenters. The van der Waals surface area contributed by atoms with E-state index >= 15 is 0 Å². The van der Waals surface area contributed by atoms with Crippen LogP contribution in [0.5, 0.6) is 0 Å². The number of allylic oxidation sites excluding steroid dienone is 1. The number of rotatable bonds is 3. The second-order valence-corrected chi connectivity index (χ2v) is 4.87. The minimum absolute atomic E-state index is 0.326. The highest BCUT2D eigenvalue weighted by Gasteiger charge is 2.27. The molecule has 0 aromatic carbocycles. The zero-order chi connectivity index (χ0) is 18.6. The van der Waals surface area contributed by atoms with Gasteiger partial charge in [0.2, 0.25) is 0 Å². The van der Waals surface area contributed by atoms with Crippen LogP contribution in [0.2, 0.25) is 0 Å². The van der Waals surface area contributed by atoms with Crippen LogP contribution in [0, 0.1) is 0 Å². The molecular weight excluding hydrogens is 240 g/mol. The molecule has 0 radical (unpaired) electrons. The van der Waals surface area contributed by atoms with Crippen molar-refractivity contribution in [1.82, 2.24) is 0 Å². The lowest BCUT2D eigenvalue weighted by atomic mass is 9.99. The van der Waals surface area contributed by atoms with Gasteiger partial charge in [-0.1, -0.05) is 0 Å². The largest absolute Gasteiger partial charge is 0.463 e. The molecule has 0 saturated carbocycles. The highest BCUT2D eigenvalue weighted by Crippen LogP contribution is 2.31. The van der Waals surface area contributed by atoms with E-state index in [2.05, 4.69) is 4.74 Å². The Morgan fingerprint density at radius 2 is 2.13 bits per heavy atom. The Kier molecular flexibility index (Phi) is 1.72. The van der Waals surface area contributed by atoms with Gasteiger partial charge in [0, 0.05) is 21.6 Å². The van der Waals surface area contributed by atoms with Crippen LogP contribution in [0.4, 0.5) is 0 Å². The molecule has 0 heterocycles. The summed E-state index contributed by atoms with van der Waals surface area (Å²) in [6.45, 7) is 0.987. The second-order valence-electron chi connectivity index (χ2n) is 2.36. The van der Waals surface area contributed by atoms with Gasteiger partial charge in [-0.25, -0.2) is 13.2 Å². The third-order valence-corrected chi connectivity index (χ3v) is 2.63. The van der Waals surface area contributed by atoms with E-state index in [1.165, 1.54) is 6.92 Å². The monoisotopic (exact) mass is 260 g/mol. The molecule has 1 rings (SSSR count). The molecule has 0 saturated heterocycles. The van der Waals surface area contributed by atoms with Gasteiger partial charge in [0.1, 0.15) is 0 Å². The van der Waals surface area contributed by atoms with Crippen molar-refractivity contribution in [3.05, 3.63) is 10.5 Å². The maximum atomic E-state index is 12.0. The Bertz CT molecular complexity index is 669. The Hall–Kier alpha value is -0.550. The van der Waals surface area contributed by atoms with Gasteiger partial charge in [-0.2, -0.15) is 0 Å². The molecule has 0 unspecified atom stereocenters. The van der Waals surface area contributed by atoms with Crippen LogP contribution in [0.3, 0.4) is 0 Å². The molecule has 0 aromatic heterocycles. The minimum atomic E-state index is -5.11. The Morgan fingerprint density at radius 1 is 1.53 bits per heavy atom. The first kappa shape index (κ1) is 5.19. The first-order valence-corrected chi connectivity index (χ1v) is 6.16. The Labute approximate surface area is 105 Å². The molecule has 0 bridgehead atoms. The summed E-state index contributed by atoms with van der Waals surface area (Å²) in [5, 5.41) is 0. The van der Waals surface area contributed by atoms with Gasteiger partial charge in [0.15, 0.2) is 0 Å². The van der Waals surface area contributed by atoms with E-state index in [4.69, 9.17) is 21.6 Å². The summed E-state index contributed by atoms with van der Waals surface area (Å²) in [6.07, 6.45) is -14.3. The molecule has 0 amide bonds. The Balaban J connectivity index is 4.06. The summed E-state index contributed by atoms with van der Waals surface area (Å²) in [4.78, 5) is 10.3. The lowest BCUT2D eigenvalue weighted by Crippen LogP contribution is -2.15. The van der Waals surface area contributed by atoms with Crippen LogP contribution in [0.25, 0.3) is 0 Å². The predicted molar refractivity (Wildman–Crippen MR) is 56.9 cm³/mol. The summed E-state index contributed by atoms with van der Waals surface area (Å²) >= 11 is 0. The molecule has 0 spiro atoms. The van der Waals surface area contributed by atoms with Gasteiger partial charge < -0.3 is 4.74 Å². The first-order chi connectivity index (χ1) is 9.98. The van der Waals surface area contributed by atoms with Gasteiger partial charge in [-0.05, 0) is 32.4 Å². The van der Waals surface area contributed by atoms with Crippen molar-refractivity contribution in [2.75, 3.05) is 6.61 Å². The third-order valence-electron chi connectivity index (χ3n) is 1.38. The quantitative estimate of drug-likeness (QED) is 0.575. The SMILES string of the molecule is [2H]C1([2H])C(C(=O)OCC)=C(S(=O)(=O)Cl)C([2H])([2H])C([2H])([2H])C1([2H])[2H]. The van der Waals surface area contributed by atoms with Crippen LogP contribution in [0.15, 0.2) is 10.5 Å². The molecule has 4 nitrogen and oxygen atoms in total. The lowest BCUT2D eigenvalue weighted by Gasteiger charge is -2.16. The first-order valence-electron chi connectivity index (χ1n) is 7.85. The number of esters is 1. The molecule has 1 aliphatic rings. The maximum Gasteiger partial charge on any atom is 0.335 e. The molecule has 0 aliphatic heterocycles. The third kappa shape index (κ3) is 3.21. The summed E-state index contributed by atoms with van der Waals surface area (Å²) < 4.78 is 89.2. The molecule has 1 aliphatic carbocycles. The van der Waals surface area contributed by atoms with E-state index in [-0.39, 0.29) is 6.61 Å². The smallest absolute Gasteiger partial charge is 0.335 e. The van der Waals surface area contributed by atoms with Crippen LogP contribution < -0.4 is 0 Å². The van der Waals surface area contributed by atoms with Crippen molar-refractivity contribution in [3.63, 3.8) is 0 Å². The van der Waals surface area contributed by atoms with Crippen LogP contribution in [-0.4, -0.2) is 21.0 Å². The summed E-state index contributed by atoms with van der Waals surface area (Å²) in [6, 6.07) is 0. The van der Waals surface area contributed by atoms with Crippen LogP contribution in [-0.2, 0) is 18.6 Å². The van der Waals surface area contributed by atoms with Crippen LogP contribution >= 0.6 is 10.7 Å².